The smallest absolute Gasteiger partial charge is 0.160 e. The zero-order valence-corrected chi connectivity index (χ0v) is 8.96. The second kappa shape index (κ2) is 4.91. The monoisotopic (exact) mass is 192 g/mol. The SMILES string of the molecule is CCc1cc(COC)ccc1C(C)=O. The molecule has 0 saturated carbocycles. The largest absolute Gasteiger partial charge is 0.380 e. The molecule has 0 unspecified atom stereocenters. The number of carbonyl (C=O) groups is 1. The molecule has 2 heteroatoms. The van der Waals surface area contributed by atoms with Crippen molar-refractivity contribution in [1.29, 1.82) is 0 Å². The Morgan fingerprint density at radius 3 is 2.64 bits per heavy atom. The quantitative estimate of drug-likeness (QED) is 0.685. The Labute approximate surface area is 84.9 Å². The summed E-state index contributed by atoms with van der Waals surface area (Å²) in [7, 11) is 1.67. The third-order valence-electron chi connectivity index (χ3n) is 2.24. The summed E-state index contributed by atoms with van der Waals surface area (Å²) in [6.07, 6.45) is 0.881. The van der Waals surface area contributed by atoms with Crippen LogP contribution in [0.1, 0.15) is 35.3 Å². The molecule has 0 aliphatic carbocycles. The Bertz CT molecular complexity index is 329. The van der Waals surface area contributed by atoms with Crippen LogP contribution in [0.5, 0.6) is 0 Å². The topological polar surface area (TPSA) is 26.3 Å². The van der Waals surface area contributed by atoms with Crippen LogP contribution in [0.2, 0.25) is 0 Å². The Balaban J connectivity index is 3.05. The predicted octanol–water partition coefficient (Wildman–Crippen LogP) is 2.60. The summed E-state index contributed by atoms with van der Waals surface area (Å²) in [6, 6.07) is 5.87. The zero-order chi connectivity index (χ0) is 10.6. The van der Waals surface area contributed by atoms with Crippen molar-refractivity contribution in [3.63, 3.8) is 0 Å². The Kier molecular flexibility index (Phi) is 3.84. The van der Waals surface area contributed by atoms with Crippen molar-refractivity contribution in [2.45, 2.75) is 26.9 Å². The molecule has 0 aliphatic rings. The summed E-state index contributed by atoms with van der Waals surface area (Å²) < 4.78 is 5.04. The van der Waals surface area contributed by atoms with E-state index in [0.29, 0.717) is 6.61 Å². The highest BCUT2D eigenvalue weighted by Crippen LogP contribution is 2.14. The number of ketones is 1. The summed E-state index contributed by atoms with van der Waals surface area (Å²) in [5, 5.41) is 0. The number of benzene rings is 1. The molecule has 0 fully saturated rings. The Morgan fingerprint density at radius 2 is 2.14 bits per heavy atom. The number of ether oxygens (including phenoxy) is 1. The molecule has 0 radical (unpaired) electrons. The van der Waals surface area contributed by atoms with Crippen LogP contribution in [0.25, 0.3) is 0 Å². The fourth-order valence-electron chi connectivity index (χ4n) is 1.54. The van der Waals surface area contributed by atoms with Crippen molar-refractivity contribution < 1.29 is 9.53 Å². The van der Waals surface area contributed by atoms with Gasteiger partial charge in [-0.1, -0.05) is 25.1 Å². The number of aryl methyl sites for hydroxylation is 1. The lowest BCUT2D eigenvalue weighted by molar-refractivity contribution is 0.101. The van der Waals surface area contributed by atoms with Crippen molar-refractivity contribution in [3.8, 4) is 0 Å². The van der Waals surface area contributed by atoms with Gasteiger partial charge < -0.3 is 4.74 Å². The first-order valence-corrected chi connectivity index (χ1v) is 4.80. The number of methoxy groups -OCH3 is 1. The summed E-state index contributed by atoms with van der Waals surface area (Å²) >= 11 is 0. The normalized spacial score (nSPS) is 10.2. The van der Waals surface area contributed by atoms with Crippen LogP contribution in [-0.4, -0.2) is 12.9 Å². The van der Waals surface area contributed by atoms with Gasteiger partial charge in [0.05, 0.1) is 6.61 Å². The third-order valence-corrected chi connectivity index (χ3v) is 2.24. The van der Waals surface area contributed by atoms with Crippen LogP contribution >= 0.6 is 0 Å². The van der Waals surface area contributed by atoms with Crippen LogP contribution in [0.3, 0.4) is 0 Å². The highest BCUT2D eigenvalue weighted by Gasteiger charge is 2.06. The molecule has 0 spiro atoms. The lowest BCUT2D eigenvalue weighted by Crippen LogP contribution is -2.00. The number of hydrogen-bond donors (Lipinski definition) is 0. The fraction of sp³-hybridized carbons (Fsp3) is 0.417. The first-order chi connectivity index (χ1) is 6.69. The minimum atomic E-state index is 0.130. The molecule has 0 atom stereocenters. The van der Waals surface area contributed by atoms with Crippen molar-refractivity contribution in [1.82, 2.24) is 0 Å². The molecule has 0 bridgehead atoms. The van der Waals surface area contributed by atoms with Crippen LogP contribution in [0.15, 0.2) is 18.2 Å². The van der Waals surface area contributed by atoms with E-state index in [1.54, 1.807) is 14.0 Å². The molecule has 0 N–H and O–H groups in total. The summed E-state index contributed by atoms with van der Waals surface area (Å²) in [6.45, 7) is 4.26. The lowest BCUT2D eigenvalue weighted by atomic mass is 10.00. The second-order valence-electron chi connectivity index (χ2n) is 3.33. The number of hydrogen-bond acceptors (Lipinski definition) is 2. The van der Waals surface area contributed by atoms with Gasteiger partial charge in [0.2, 0.25) is 0 Å². The molecule has 1 rings (SSSR count). The van der Waals surface area contributed by atoms with Crippen molar-refractivity contribution in [2.75, 3.05) is 7.11 Å². The molecule has 14 heavy (non-hydrogen) atoms. The van der Waals surface area contributed by atoms with Crippen molar-refractivity contribution >= 4 is 5.78 Å². The highest BCUT2D eigenvalue weighted by atomic mass is 16.5. The average molecular weight is 192 g/mol. The average Bonchev–Trinajstić information content (AvgIpc) is 2.17. The maximum atomic E-state index is 11.3. The van der Waals surface area contributed by atoms with E-state index in [2.05, 4.69) is 6.92 Å². The first-order valence-electron chi connectivity index (χ1n) is 4.80. The standard InChI is InChI=1S/C12H16O2/c1-4-11-7-10(8-14-3)5-6-12(11)9(2)13/h5-7H,4,8H2,1-3H3. The lowest BCUT2D eigenvalue weighted by Gasteiger charge is -2.07. The van der Waals surface area contributed by atoms with Crippen LogP contribution < -0.4 is 0 Å². The molecule has 0 amide bonds. The molecule has 0 aliphatic heterocycles. The van der Waals surface area contributed by atoms with Crippen molar-refractivity contribution in [2.24, 2.45) is 0 Å². The fourth-order valence-corrected chi connectivity index (χ4v) is 1.54. The highest BCUT2D eigenvalue weighted by molar-refractivity contribution is 5.95. The van der Waals surface area contributed by atoms with Gasteiger partial charge in [-0.2, -0.15) is 0 Å². The maximum Gasteiger partial charge on any atom is 0.160 e. The van der Waals surface area contributed by atoms with Crippen LogP contribution in [0, 0.1) is 0 Å². The predicted molar refractivity (Wildman–Crippen MR) is 56.5 cm³/mol. The van der Waals surface area contributed by atoms with Gasteiger partial charge in [0, 0.05) is 12.7 Å². The molecular formula is C12H16O2. The Hall–Kier alpha value is -1.15. The van der Waals surface area contributed by atoms with Gasteiger partial charge in [-0.05, 0) is 24.5 Å². The number of rotatable bonds is 4. The molecule has 0 heterocycles. The van der Waals surface area contributed by atoms with Gasteiger partial charge in [-0.25, -0.2) is 0 Å². The third kappa shape index (κ3) is 2.42. The van der Waals surface area contributed by atoms with E-state index in [1.165, 1.54) is 0 Å². The molecule has 2 nitrogen and oxygen atoms in total. The summed E-state index contributed by atoms with van der Waals surface area (Å²) in [5.41, 5.74) is 3.05. The summed E-state index contributed by atoms with van der Waals surface area (Å²) in [5.74, 6) is 0.130. The van der Waals surface area contributed by atoms with E-state index in [4.69, 9.17) is 4.74 Å². The number of carbonyl (C=O) groups excluding carboxylic acids is 1. The maximum absolute atomic E-state index is 11.3. The van der Waals surface area contributed by atoms with E-state index in [1.807, 2.05) is 18.2 Å². The summed E-state index contributed by atoms with van der Waals surface area (Å²) in [4.78, 5) is 11.3. The van der Waals surface area contributed by atoms with Crippen molar-refractivity contribution in [3.05, 3.63) is 34.9 Å². The van der Waals surface area contributed by atoms with E-state index in [0.717, 1.165) is 23.1 Å². The molecule has 76 valence electrons. The van der Waals surface area contributed by atoms with E-state index >= 15 is 0 Å². The molecular weight excluding hydrogens is 176 g/mol. The van der Waals surface area contributed by atoms with E-state index in [9.17, 15) is 4.79 Å². The molecule has 0 saturated heterocycles. The van der Waals surface area contributed by atoms with Gasteiger partial charge in [0.1, 0.15) is 0 Å². The van der Waals surface area contributed by atoms with Crippen LogP contribution in [0.4, 0.5) is 0 Å². The van der Waals surface area contributed by atoms with Gasteiger partial charge in [0.25, 0.3) is 0 Å². The molecule has 1 aromatic carbocycles. The van der Waals surface area contributed by atoms with Gasteiger partial charge in [0.15, 0.2) is 5.78 Å². The number of Topliss-reactive ketones (excluding diaryl/α,β-unsaturated/α-hetero) is 1. The van der Waals surface area contributed by atoms with Crippen LogP contribution in [-0.2, 0) is 17.8 Å². The van der Waals surface area contributed by atoms with Gasteiger partial charge >= 0.3 is 0 Å². The zero-order valence-electron chi connectivity index (χ0n) is 8.96. The molecule has 0 aromatic heterocycles. The first kappa shape index (κ1) is 10.9. The molecule has 1 aromatic rings. The minimum Gasteiger partial charge on any atom is -0.380 e. The van der Waals surface area contributed by atoms with Gasteiger partial charge in [-0.15, -0.1) is 0 Å². The van der Waals surface area contributed by atoms with E-state index < -0.39 is 0 Å². The second-order valence-corrected chi connectivity index (χ2v) is 3.33. The Morgan fingerprint density at radius 1 is 1.43 bits per heavy atom. The van der Waals surface area contributed by atoms with E-state index in [-0.39, 0.29) is 5.78 Å². The minimum absolute atomic E-state index is 0.130. The van der Waals surface area contributed by atoms with Gasteiger partial charge in [-0.3, -0.25) is 4.79 Å².